The Morgan fingerprint density at radius 2 is 1.79 bits per heavy atom. The lowest BCUT2D eigenvalue weighted by Crippen LogP contribution is -2.36. The van der Waals surface area contributed by atoms with Crippen LogP contribution in [0.15, 0.2) is 47.1 Å². The van der Waals surface area contributed by atoms with E-state index < -0.39 is 0 Å². The standard InChI is InChI=1S/C22H29N5O2/c1-17(2)27(16-19-14-23-26(3)15-19)22(28)13-12-21-25-24-20(29-21)11-7-10-18-8-5-4-6-9-18/h4-6,8-9,14-15,17H,7,10-13,16H2,1-3H3. The van der Waals surface area contributed by atoms with Crippen molar-refractivity contribution in [3.05, 3.63) is 65.6 Å². The lowest BCUT2D eigenvalue weighted by Gasteiger charge is -2.26. The van der Waals surface area contributed by atoms with E-state index in [0.717, 1.165) is 24.8 Å². The first-order chi connectivity index (χ1) is 14.0. The topological polar surface area (TPSA) is 77.1 Å². The minimum atomic E-state index is 0.0766. The summed E-state index contributed by atoms with van der Waals surface area (Å²) >= 11 is 0. The Morgan fingerprint density at radius 3 is 2.45 bits per heavy atom. The highest BCUT2D eigenvalue weighted by Crippen LogP contribution is 2.13. The van der Waals surface area contributed by atoms with Crippen LogP contribution >= 0.6 is 0 Å². The number of amides is 1. The molecule has 1 amide bonds. The molecule has 2 heterocycles. The monoisotopic (exact) mass is 395 g/mol. The van der Waals surface area contributed by atoms with Gasteiger partial charge in [-0.1, -0.05) is 30.3 Å². The third-order valence-electron chi connectivity index (χ3n) is 4.82. The number of carbonyl (C=O) groups is 1. The Kier molecular flexibility index (Phi) is 7.16. The zero-order valence-electron chi connectivity index (χ0n) is 17.4. The fourth-order valence-corrected chi connectivity index (χ4v) is 3.25. The highest BCUT2D eigenvalue weighted by molar-refractivity contribution is 5.76. The van der Waals surface area contributed by atoms with Crippen molar-refractivity contribution in [3.63, 3.8) is 0 Å². The SMILES string of the molecule is CC(C)N(Cc1cnn(C)c1)C(=O)CCc1nnc(CCCc2ccccc2)o1. The summed E-state index contributed by atoms with van der Waals surface area (Å²) in [5.41, 5.74) is 2.33. The molecule has 0 radical (unpaired) electrons. The maximum absolute atomic E-state index is 12.7. The minimum absolute atomic E-state index is 0.0766. The molecule has 29 heavy (non-hydrogen) atoms. The van der Waals surface area contributed by atoms with Gasteiger partial charge in [0.2, 0.25) is 17.7 Å². The molecular weight excluding hydrogens is 366 g/mol. The lowest BCUT2D eigenvalue weighted by molar-refractivity contribution is -0.133. The lowest BCUT2D eigenvalue weighted by atomic mass is 10.1. The van der Waals surface area contributed by atoms with Crippen LogP contribution in [0.1, 0.15) is 49.6 Å². The van der Waals surface area contributed by atoms with Gasteiger partial charge in [-0.25, -0.2) is 0 Å². The molecule has 0 saturated heterocycles. The molecule has 0 aliphatic carbocycles. The van der Waals surface area contributed by atoms with E-state index in [1.807, 2.05) is 50.2 Å². The maximum atomic E-state index is 12.7. The first-order valence-electron chi connectivity index (χ1n) is 10.1. The normalized spacial score (nSPS) is 11.2. The molecule has 0 fully saturated rings. The Morgan fingerprint density at radius 1 is 1.07 bits per heavy atom. The maximum Gasteiger partial charge on any atom is 0.223 e. The van der Waals surface area contributed by atoms with Gasteiger partial charge in [0.05, 0.1) is 6.20 Å². The van der Waals surface area contributed by atoms with Crippen molar-refractivity contribution in [1.29, 1.82) is 0 Å². The average Bonchev–Trinajstić information content (AvgIpc) is 3.33. The van der Waals surface area contributed by atoms with E-state index in [1.54, 1.807) is 10.9 Å². The van der Waals surface area contributed by atoms with E-state index in [2.05, 4.69) is 27.4 Å². The van der Waals surface area contributed by atoms with Crippen LogP contribution in [0.5, 0.6) is 0 Å². The van der Waals surface area contributed by atoms with Crippen molar-refractivity contribution < 1.29 is 9.21 Å². The van der Waals surface area contributed by atoms with Gasteiger partial charge in [0.15, 0.2) is 0 Å². The second-order valence-electron chi connectivity index (χ2n) is 7.57. The van der Waals surface area contributed by atoms with E-state index in [9.17, 15) is 4.79 Å². The Balaban J connectivity index is 1.46. The van der Waals surface area contributed by atoms with Crippen molar-refractivity contribution in [2.75, 3.05) is 0 Å². The molecule has 0 atom stereocenters. The Hall–Kier alpha value is -2.96. The van der Waals surface area contributed by atoms with Crippen molar-refractivity contribution in [3.8, 4) is 0 Å². The van der Waals surface area contributed by atoms with E-state index >= 15 is 0 Å². The summed E-state index contributed by atoms with van der Waals surface area (Å²) in [6.45, 7) is 4.59. The van der Waals surface area contributed by atoms with Crippen LogP contribution in [0.2, 0.25) is 0 Å². The number of aryl methyl sites for hydroxylation is 4. The molecule has 2 aromatic heterocycles. The summed E-state index contributed by atoms with van der Waals surface area (Å²) in [6.07, 6.45) is 7.22. The molecule has 0 aliphatic heterocycles. The van der Waals surface area contributed by atoms with Gasteiger partial charge in [-0.2, -0.15) is 5.10 Å². The van der Waals surface area contributed by atoms with Crippen molar-refractivity contribution in [2.24, 2.45) is 7.05 Å². The second-order valence-corrected chi connectivity index (χ2v) is 7.57. The molecule has 0 N–H and O–H groups in total. The van der Waals surface area contributed by atoms with Gasteiger partial charge in [-0.05, 0) is 32.3 Å². The van der Waals surface area contributed by atoms with Gasteiger partial charge in [-0.3, -0.25) is 9.48 Å². The van der Waals surface area contributed by atoms with Crippen molar-refractivity contribution >= 4 is 5.91 Å². The smallest absolute Gasteiger partial charge is 0.223 e. The number of benzene rings is 1. The molecule has 7 nitrogen and oxygen atoms in total. The van der Waals surface area contributed by atoms with Crippen LogP contribution in [0, 0.1) is 0 Å². The van der Waals surface area contributed by atoms with Gasteiger partial charge < -0.3 is 9.32 Å². The molecule has 0 unspecified atom stereocenters. The third kappa shape index (κ3) is 6.27. The largest absolute Gasteiger partial charge is 0.425 e. The Labute approximate surface area is 171 Å². The molecule has 3 aromatic rings. The molecule has 3 rings (SSSR count). The number of rotatable bonds is 10. The van der Waals surface area contributed by atoms with Gasteiger partial charge in [0, 0.05) is 50.7 Å². The zero-order chi connectivity index (χ0) is 20.6. The predicted molar refractivity (Wildman–Crippen MR) is 110 cm³/mol. The first-order valence-corrected chi connectivity index (χ1v) is 10.1. The van der Waals surface area contributed by atoms with Crippen LogP contribution in [-0.4, -0.2) is 36.8 Å². The van der Waals surface area contributed by atoms with Gasteiger partial charge in [0.25, 0.3) is 0 Å². The van der Waals surface area contributed by atoms with Crippen LogP contribution in [0.25, 0.3) is 0 Å². The first kappa shape index (κ1) is 20.8. The highest BCUT2D eigenvalue weighted by atomic mass is 16.4. The fraction of sp³-hybridized carbons (Fsp3) is 0.455. The zero-order valence-corrected chi connectivity index (χ0v) is 17.4. The quantitative estimate of drug-likeness (QED) is 0.526. The fourth-order valence-electron chi connectivity index (χ4n) is 3.25. The summed E-state index contributed by atoms with van der Waals surface area (Å²) in [5.74, 6) is 1.24. The van der Waals surface area contributed by atoms with E-state index in [0.29, 0.717) is 31.2 Å². The molecule has 1 aromatic carbocycles. The van der Waals surface area contributed by atoms with E-state index in [4.69, 9.17) is 4.42 Å². The van der Waals surface area contributed by atoms with E-state index in [1.165, 1.54) is 5.56 Å². The number of aromatic nitrogens is 4. The van der Waals surface area contributed by atoms with Crippen LogP contribution in [0.3, 0.4) is 0 Å². The van der Waals surface area contributed by atoms with Gasteiger partial charge >= 0.3 is 0 Å². The highest BCUT2D eigenvalue weighted by Gasteiger charge is 2.19. The second kappa shape index (κ2) is 10.0. The number of nitrogens with zero attached hydrogens (tertiary/aromatic N) is 5. The van der Waals surface area contributed by atoms with Crippen molar-refractivity contribution in [2.45, 2.75) is 58.5 Å². The molecule has 0 saturated carbocycles. The summed E-state index contributed by atoms with van der Waals surface area (Å²) in [7, 11) is 1.87. The van der Waals surface area contributed by atoms with Crippen molar-refractivity contribution in [1.82, 2.24) is 24.9 Å². The molecular formula is C22H29N5O2. The number of hydrogen-bond acceptors (Lipinski definition) is 5. The number of carbonyl (C=O) groups excluding carboxylic acids is 1. The predicted octanol–water partition coefficient (Wildman–Crippen LogP) is 3.35. The minimum Gasteiger partial charge on any atom is -0.425 e. The van der Waals surface area contributed by atoms with Crippen LogP contribution in [-0.2, 0) is 37.6 Å². The molecule has 154 valence electrons. The summed E-state index contributed by atoms with van der Waals surface area (Å²) in [5, 5.41) is 12.4. The summed E-state index contributed by atoms with van der Waals surface area (Å²) < 4.78 is 7.47. The van der Waals surface area contributed by atoms with Gasteiger partial charge in [-0.15, -0.1) is 10.2 Å². The van der Waals surface area contributed by atoms with Crippen LogP contribution in [0.4, 0.5) is 0 Å². The Bertz CT molecular complexity index is 901. The summed E-state index contributed by atoms with van der Waals surface area (Å²) in [6, 6.07) is 10.5. The number of hydrogen-bond donors (Lipinski definition) is 0. The van der Waals surface area contributed by atoms with E-state index in [-0.39, 0.29) is 11.9 Å². The van der Waals surface area contributed by atoms with Crippen LogP contribution < -0.4 is 0 Å². The molecule has 0 bridgehead atoms. The summed E-state index contributed by atoms with van der Waals surface area (Å²) in [4.78, 5) is 14.6. The molecule has 0 aliphatic rings. The molecule has 7 heteroatoms. The van der Waals surface area contributed by atoms with Gasteiger partial charge in [0.1, 0.15) is 0 Å². The third-order valence-corrected chi connectivity index (χ3v) is 4.82. The average molecular weight is 396 g/mol. The molecule has 0 spiro atoms.